The lowest BCUT2D eigenvalue weighted by Crippen LogP contribution is -2.03. The Hall–Kier alpha value is -2.33. The first kappa shape index (κ1) is 19.0. The first-order valence-corrected chi connectivity index (χ1v) is 10.0. The number of aliphatic hydroxyl groups is 1. The van der Waals surface area contributed by atoms with Gasteiger partial charge in [0.25, 0.3) is 0 Å². The van der Waals surface area contributed by atoms with Crippen LogP contribution in [0.1, 0.15) is 18.5 Å². The topological polar surface area (TPSA) is 38.1 Å². The molecule has 0 saturated heterocycles. The van der Waals surface area contributed by atoms with E-state index in [9.17, 15) is 0 Å². The number of nitrogens with zero attached hydrogens (tertiary/aromatic N) is 2. The number of hydrogen-bond acceptors (Lipinski definition) is 2. The van der Waals surface area contributed by atoms with Crippen LogP contribution < -0.4 is 0 Å². The van der Waals surface area contributed by atoms with Crippen LogP contribution in [0.2, 0.25) is 10.0 Å². The Morgan fingerprint density at radius 3 is 2.32 bits per heavy atom. The standard InChI is InChI=1S/C23H20Cl2N2O/c24-19-11-18(12-20(25)14-19)23-15-21(7-3-4-10-28)27(26-23)22-9-8-16-5-1-2-6-17(16)13-22/h1-2,5-6,8-9,11-15,28H,3-4,7,10H2. The van der Waals surface area contributed by atoms with E-state index in [4.69, 9.17) is 33.4 Å². The lowest BCUT2D eigenvalue weighted by molar-refractivity contribution is 0.284. The zero-order valence-electron chi connectivity index (χ0n) is 15.3. The molecule has 0 spiro atoms. The SMILES string of the molecule is OCCCCc1cc(-c2cc(Cl)cc(Cl)c2)nn1-c1ccc2ccccc2c1. The van der Waals surface area contributed by atoms with E-state index in [-0.39, 0.29) is 6.61 Å². The Morgan fingerprint density at radius 1 is 0.821 bits per heavy atom. The maximum atomic E-state index is 9.14. The lowest BCUT2D eigenvalue weighted by atomic mass is 10.1. The molecule has 0 bridgehead atoms. The second kappa shape index (κ2) is 8.36. The summed E-state index contributed by atoms with van der Waals surface area (Å²) in [6, 6.07) is 22.2. The number of hydrogen-bond donors (Lipinski definition) is 1. The van der Waals surface area contributed by atoms with E-state index in [1.54, 1.807) is 6.07 Å². The summed E-state index contributed by atoms with van der Waals surface area (Å²) < 4.78 is 1.98. The molecule has 3 nitrogen and oxygen atoms in total. The van der Waals surface area contributed by atoms with Gasteiger partial charge in [-0.2, -0.15) is 5.10 Å². The number of benzene rings is 3. The number of halogens is 2. The van der Waals surface area contributed by atoms with E-state index in [1.807, 2.05) is 28.9 Å². The molecule has 142 valence electrons. The number of unbranched alkanes of at least 4 members (excludes halogenated alkanes) is 1. The van der Waals surface area contributed by atoms with Gasteiger partial charge in [0.15, 0.2) is 0 Å². The number of fused-ring (bicyclic) bond motifs is 1. The molecular formula is C23H20Cl2N2O. The van der Waals surface area contributed by atoms with Crippen molar-refractivity contribution in [1.29, 1.82) is 0 Å². The van der Waals surface area contributed by atoms with Crippen molar-refractivity contribution in [1.82, 2.24) is 9.78 Å². The molecule has 3 aromatic carbocycles. The quantitative estimate of drug-likeness (QED) is 0.378. The molecule has 1 aromatic heterocycles. The molecule has 0 fully saturated rings. The maximum absolute atomic E-state index is 9.14. The van der Waals surface area contributed by atoms with E-state index >= 15 is 0 Å². The van der Waals surface area contributed by atoms with Gasteiger partial charge in [0, 0.05) is 27.9 Å². The zero-order chi connectivity index (χ0) is 19.5. The van der Waals surface area contributed by atoms with Gasteiger partial charge in [-0.05, 0) is 66.4 Å². The van der Waals surface area contributed by atoms with Gasteiger partial charge in [-0.25, -0.2) is 4.68 Å². The van der Waals surface area contributed by atoms with E-state index in [1.165, 1.54) is 10.8 Å². The average Bonchev–Trinajstić information content (AvgIpc) is 3.11. The molecule has 0 aliphatic rings. The van der Waals surface area contributed by atoms with Crippen molar-refractivity contribution in [3.8, 4) is 16.9 Å². The monoisotopic (exact) mass is 410 g/mol. The summed E-state index contributed by atoms with van der Waals surface area (Å²) in [5, 5.41) is 17.5. The van der Waals surface area contributed by atoms with Gasteiger partial charge in [-0.15, -0.1) is 0 Å². The van der Waals surface area contributed by atoms with Crippen LogP contribution in [0.25, 0.3) is 27.7 Å². The Balaban J connectivity index is 1.80. The van der Waals surface area contributed by atoms with E-state index in [2.05, 4.69) is 36.4 Å². The summed E-state index contributed by atoms with van der Waals surface area (Å²) in [7, 11) is 0. The highest BCUT2D eigenvalue weighted by atomic mass is 35.5. The van der Waals surface area contributed by atoms with Gasteiger partial charge in [-0.1, -0.05) is 53.5 Å². The summed E-state index contributed by atoms with van der Waals surface area (Å²) in [5.74, 6) is 0. The smallest absolute Gasteiger partial charge is 0.0931 e. The van der Waals surface area contributed by atoms with Crippen LogP contribution in [0.3, 0.4) is 0 Å². The van der Waals surface area contributed by atoms with Crippen LogP contribution in [-0.2, 0) is 6.42 Å². The van der Waals surface area contributed by atoms with Crippen molar-refractivity contribution < 1.29 is 5.11 Å². The van der Waals surface area contributed by atoms with Gasteiger partial charge in [-0.3, -0.25) is 0 Å². The normalized spacial score (nSPS) is 11.2. The third-order valence-electron chi connectivity index (χ3n) is 4.76. The number of rotatable bonds is 6. The Kier molecular flexibility index (Phi) is 5.67. The molecular weight excluding hydrogens is 391 g/mol. The van der Waals surface area contributed by atoms with Crippen molar-refractivity contribution in [2.75, 3.05) is 6.61 Å². The Labute approximate surface area is 174 Å². The molecule has 5 heteroatoms. The predicted octanol–water partition coefficient (Wildman–Crippen LogP) is 6.31. The van der Waals surface area contributed by atoms with Crippen LogP contribution in [0.5, 0.6) is 0 Å². The summed E-state index contributed by atoms with van der Waals surface area (Å²) in [4.78, 5) is 0. The van der Waals surface area contributed by atoms with Crippen LogP contribution >= 0.6 is 23.2 Å². The zero-order valence-corrected chi connectivity index (χ0v) is 16.8. The van der Waals surface area contributed by atoms with Gasteiger partial charge in [0.2, 0.25) is 0 Å². The second-order valence-electron chi connectivity index (χ2n) is 6.80. The largest absolute Gasteiger partial charge is 0.396 e. The van der Waals surface area contributed by atoms with E-state index in [0.717, 1.165) is 41.9 Å². The fraction of sp³-hybridized carbons (Fsp3) is 0.174. The third kappa shape index (κ3) is 4.07. The molecule has 0 unspecified atom stereocenters. The fourth-order valence-corrected chi connectivity index (χ4v) is 3.92. The molecule has 0 atom stereocenters. The van der Waals surface area contributed by atoms with Gasteiger partial charge >= 0.3 is 0 Å². The minimum atomic E-state index is 0.195. The van der Waals surface area contributed by atoms with Crippen molar-refractivity contribution in [2.24, 2.45) is 0 Å². The van der Waals surface area contributed by atoms with Gasteiger partial charge in [0.1, 0.15) is 0 Å². The summed E-state index contributed by atoms with van der Waals surface area (Å²) in [6.07, 6.45) is 2.49. The van der Waals surface area contributed by atoms with Gasteiger partial charge in [0.05, 0.1) is 11.4 Å². The first-order valence-electron chi connectivity index (χ1n) is 9.29. The molecule has 1 heterocycles. The molecule has 0 aliphatic carbocycles. The molecule has 0 aliphatic heterocycles. The molecule has 28 heavy (non-hydrogen) atoms. The highest BCUT2D eigenvalue weighted by Gasteiger charge is 2.13. The summed E-state index contributed by atoms with van der Waals surface area (Å²) in [6.45, 7) is 0.195. The molecule has 4 aromatic rings. The number of aliphatic hydroxyl groups excluding tert-OH is 1. The number of aromatic nitrogens is 2. The van der Waals surface area contributed by atoms with E-state index < -0.39 is 0 Å². The molecule has 0 radical (unpaired) electrons. The van der Waals surface area contributed by atoms with E-state index in [0.29, 0.717) is 10.0 Å². The minimum Gasteiger partial charge on any atom is -0.396 e. The molecule has 0 amide bonds. The highest BCUT2D eigenvalue weighted by Crippen LogP contribution is 2.29. The number of aryl methyl sites for hydroxylation is 1. The predicted molar refractivity (Wildman–Crippen MR) is 117 cm³/mol. The lowest BCUT2D eigenvalue weighted by Gasteiger charge is -2.08. The van der Waals surface area contributed by atoms with Gasteiger partial charge < -0.3 is 5.11 Å². The van der Waals surface area contributed by atoms with Crippen molar-refractivity contribution in [2.45, 2.75) is 19.3 Å². The van der Waals surface area contributed by atoms with Crippen LogP contribution in [-0.4, -0.2) is 21.5 Å². The first-order chi connectivity index (χ1) is 13.6. The molecule has 4 rings (SSSR count). The minimum absolute atomic E-state index is 0.195. The maximum Gasteiger partial charge on any atom is 0.0931 e. The van der Waals surface area contributed by atoms with Crippen molar-refractivity contribution in [3.05, 3.63) is 82.5 Å². The Morgan fingerprint density at radius 2 is 1.57 bits per heavy atom. The highest BCUT2D eigenvalue weighted by molar-refractivity contribution is 6.35. The Bertz CT molecular complexity index is 1100. The van der Waals surface area contributed by atoms with Crippen molar-refractivity contribution >= 4 is 34.0 Å². The van der Waals surface area contributed by atoms with Crippen LogP contribution in [0.15, 0.2) is 66.7 Å². The summed E-state index contributed by atoms with van der Waals surface area (Å²) >= 11 is 12.4. The fourth-order valence-electron chi connectivity index (χ4n) is 3.39. The van der Waals surface area contributed by atoms with Crippen LogP contribution in [0.4, 0.5) is 0 Å². The molecule has 1 N–H and O–H groups in total. The second-order valence-corrected chi connectivity index (χ2v) is 7.68. The average molecular weight is 411 g/mol. The van der Waals surface area contributed by atoms with Crippen molar-refractivity contribution in [3.63, 3.8) is 0 Å². The third-order valence-corrected chi connectivity index (χ3v) is 5.20. The summed E-state index contributed by atoms with van der Waals surface area (Å²) in [5.41, 5.74) is 3.82. The molecule has 0 saturated carbocycles. The van der Waals surface area contributed by atoms with Crippen LogP contribution in [0, 0.1) is 0 Å².